The first-order valence-electron chi connectivity index (χ1n) is 7.06. The first-order valence-corrected chi connectivity index (χ1v) is 7.86. The summed E-state index contributed by atoms with van der Waals surface area (Å²) >= 11 is 3.49. The molecular formula is C15H24BrN3. The number of halogens is 1. The number of likely N-dealkylation sites (N-methyl/N-ethyl adjacent to an activating group) is 2. The Balaban J connectivity index is 1.90. The van der Waals surface area contributed by atoms with Crippen molar-refractivity contribution in [3.05, 3.63) is 28.2 Å². The van der Waals surface area contributed by atoms with Gasteiger partial charge in [-0.2, -0.15) is 0 Å². The van der Waals surface area contributed by atoms with Crippen LogP contribution in [0.25, 0.3) is 0 Å². The summed E-state index contributed by atoms with van der Waals surface area (Å²) in [5, 5.41) is 0. The standard InChI is InChI=1S/C15H24BrN3/c1-3-19-8-4-5-13(19)11-18(2)10-12-6-7-15(17)14(16)9-12/h6-7,9,13H,3-5,8,10-11,17H2,1-2H3. The normalized spacial score (nSPS) is 20.3. The summed E-state index contributed by atoms with van der Waals surface area (Å²) in [5.74, 6) is 0. The highest BCUT2D eigenvalue weighted by Crippen LogP contribution is 2.22. The number of rotatable bonds is 5. The van der Waals surface area contributed by atoms with Crippen molar-refractivity contribution in [1.82, 2.24) is 9.80 Å². The average Bonchev–Trinajstić information content (AvgIpc) is 2.81. The minimum atomic E-state index is 0.729. The van der Waals surface area contributed by atoms with E-state index in [-0.39, 0.29) is 0 Å². The summed E-state index contributed by atoms with van der Waals surface area (Å²) in [6, 6.07) is 6.94. The molecule has 0 saturated carbocycles. The number of nitrogens with zero attached hydrogens (tertiary/aromatic N) is 2. The second-order valence-electron chi connectivity index (χ2n) is 5.48. The first-order chi connectivity index (χ1) is 9.10. The third kappa shape index (κ3) is 3.94. The van der Waals surface area contributed by atoms with Crippen LogP contribution in [-0.2, 0) is 6.54 Å². The van der Waals surface area contributed by atoms with Gasteiger partial charge < -0.3 is 10.6 Å². The molecule has 0 amide bonds. The van der Waals surface area contributed by atoms with Gasteiger partial charge in [-0.3, -0.25) is 4.90 Å². The second-order valence-corrected chi connectivity index (χ2v) is 6.33. The highest BCUT2D eigenvalue weighted by molar-refractivity contribution is 9.10. The van der Waals surface area contributed by atoms with E-state index < -0.39 is 0 Å². The first kappa shape index (κ1) is 14.8. The van der Waals surface area contributed by atoms with Gasteiger partial charge >= 0.3 is 0 Å². The predicted molar refractivity (Wildman–Crippen MR) is 85.2 cm³/mol. The fourth-order valence-electron chi connectivity index (χ4n) is 2.92. The van der Waals surface area contributed by atoms with Gasteiger partial charge in [0, 0.05) is 29.3 Å². The molecule has 1 aromatic rings. The Labute approximate surface area is 124 Å². The molecular weight excluding hydrogens is 302 g/mol. The molecule has 0 aromatic heterocycles. The van der Waals surface area contributed by atoms with Crippen LogP contribution >= 0.6 is 15.9 Å². The summed E-state index contributed by atoms with van der Waals surface area (Å²) < 4.78 is 0.995. The minimum Gasteiger partial charge on any atom is -0.398 e. The number of likely N-dealkylation sites (tertiary alicyclic amines) is 1. The molecule has 1 unspecified atom stereocenters. The molecule has 1 atom stereocenters. The molecule has 1 fully saturated rings. The molecule has 3 nitrogen and oxygen atoms in total. The fourth-order valence-corrected chi connectivity index (χ4v) is 3.35. The van der Waals surface area contributed by atoms with Crippen LogP contribution in [0.1, 0.15) is 25.3 Å². The van der Waals surface area contributed by atoms with Crippen molar-refractivity contribution < 1.29 is 0 Å². The third-order valence-electron chi connectivity index (χ3n) is 3.95. The second kappa shape index (κ2) is 6.73. The Morgan fingerprint density at radius 2 is 2.26 bits per heavy atom. The Hall–Kier alpha value is -0.580. The zero-order valence-corrected chi connectivity index (χ0v) is 13.5. The molecule has 0 spiro atoms. The molecule has 1 aromatic carbocycles. The van der Waals surface area contributed by atoms with Gasteiger partial charge in [0.2, 0.25) is 0 Å². The summed E-state index contributed by atoms with van der Waals surface area (Å²) in [4.78, 5) is 5.01. The van der Waals surface area contributed by atoms with E-state index in [0.29, 0.717) is 0 Å². The summed E-state index contributed by atoms with van der Waals surface area (Å²) in [6.07, 6.45) is 2.68. The van der Waals surface area contributed by atoms with Gasteiger partial charge in [-0.15, -0.1) is 0 Å². The van der Waals surface area contributed by atoms with Crippen molar-refractivity contribution >= 4 is 21.6 Å². The molecule has 19 heavy (non-hydrogen) atoms. The average molecular weight is 326 g/mol. The van der Waals surface area contributed by atoms with Crippen LogP contribution < -0.4 is 5.73 Å². The highest BCUT2D eigenvalue weighted by Gasteiger charge is 2.23. The number of hydrogen-bond acceptors (Lipinski definition) is 3. The lowest BCUT2D eigenvalue weighted by Gasteiger charge is -2.27. The van der Waals surface area contributed by atoms with Crippen LogP contribution in [0.2, 0.25) is 0 Å². The Morgan fingerprint density at radius 1 is 1.47 bits per heavy atom. The quantitative estimate of drug-likeness (QED) is 0.845. The van der Waals surface area contributed by atoms with Gasteiger partial charge in [0.05, 0.1) is 0 Å². The molecule has 0 bridgehead atoms. The topological polar surface area (TPSA) is 32.5 Å². The Morgan fingerprint density at radius 3 is 2.95 bits per heavy atom. The molecule has 2 N–H and O–H groups in total. The van der Waals surface area contributed by atoms with E-state index in [0.717, 1.165) is 29.3 Å². The number of anilines is 1. The summed E-state index contributed by atoms with van der Waals surface area (Å²) in [7, 11) is 2.20. The Bertz CT molecular complexity index is 422. The van der Waals surface area contributed by atoms with Crippen LogP contribution in [0, 0.1) is 0 Å². The molecule has 106 valence electrons. The maximum Gasteiger partial charge on any atom is 0.0458 e. The number of benzene rings is 1. The van der Waals surface area contributed by atoms with Gasteiger partial charge in [-0.1, -0.05) is 13.0 Å². The predicted octanol–water partition coefficient (Wildman–Crippen LogP) is 2.95. The van der Waals surface area contributed by atoms with Crippen molar-refractivity contribution in [2.24, 2.45) is 0 Å². The lowest BCUT2D eigenvalue weighted by atomic mass is 10.1. The SMILES string of the molecule is CCN1CCCC1CN(C)Cc1ccc(N)c(Br)c1. The summed E-state index contributed by atoms with van der Waals surface area (Å²) in [5.41, 5.74) is 7.94. The van der Waals surface area contributed by atoms with Crippen LogP contribution in [0.15, 0.2) is 22.7 Å². The van der Waals surface area contributed by atoms with Crippen LogP contribution in [0.3, 0.4) is 0 Å². The van der Waals surface area contributed by atoms with Gasteiger partial charge in [0.15, 0.2) is 0 Å². The van der Waals surface area contributed by atoms with E-state index in [9.17, 15) is 0 Å². The van der Waals surface area contributed by atoms with Gasteiger partial charge in [-0.25, -0.2) is 0 Å². The van der Waals surface area contributed by atoms with E-state index in [1.807, 2.05) is 6.07 Å². The third-order valence-corrected chi connectivity index (χ3v) is 4.63. The number of hydrogen-bond donors (Lipinski definition) is 1. The highest BCUT2D eigenvalue weighted by atomic mass is 79.9. The van der Waals surface area contributed by atoms with Crippen LogP contribution in [-0.4, -0.2) is 42.5 Å². The zero-order chi connectivity index (χ0) is 13.8. The van der Waals surface area contributed by atoms with Crippen LogP contribution in [0.5, 0.6) is 0 Å². The molecule has 1 heterocycles. The summed E-state index contributed by atoms with van der Waals surface area (Å²) in [6.45, 7) is 6.83. The lowest BCUT2D eigenvalue weighted by molar-refractivity contribution is 0.195. The molecule has 1 aliphatic rings. The van der Waals surface area contributed by atoms with Gasteiger partial charge in [0.25, 0.3) is 0 Å². The molecule has 2 rings (SSSR count). The van der Waals surface area contributed by atoms with Crippen LogP contribution in [0.4, 0.5) is 5.69 Å². The van der Waals surface area contributed by atoms with E-state index in [4.69, 9.17) is 5.73 Å². The van der Waals surface area contributed by atoms with Crippen molar-refractivity contribution in [3.63, 3.8) is 0 Å². The molecule has 1 saturated heterocycles. The monoisotopic (exact) mass is 325 g/mol. The van der Waals surface area contributed by atoms with Crippen molar-refractivity contribution in [2.45, 2.75) is 32.4 Å². The van der Waals surface area contributed by atoms with E-state index in [2.05, 4.69) is 51.8 Å². The van der Waals surface area contributed by atoms with Crippen molar-refractivity contribution in [3.8, 4) is 0 Å². The molecule has 4 heteroatoms. The van der Waals surface area contributed by atoms with Gasteiger partial charge in [-0.05, 0) is 66.6 Å². The van der Waals surface area contributed by atoms with E-state index in [1.165, 1.54) is 31.5 Å². The van der Waals surface area contributed by atoms with E-state index >= 15 is 0 Å². The fraction of sp³-hybridized carbons (Fsp3) is 0.600. The largest absolute Gasteiger partial charge is 0.398 e. The maximum atomic E-state index is 5.82. The molecule has 1 aliphatic heterocycles. The smallest absolute Gasteiger partial charge is 0.0458 e. The minimum absolute atomic E-state index is 0.729. The van der Waals surface area contributed by atoms with Crippen molar-refractivity contribution in [1.29, 1.82) is 0 Å². The lowest BCUT2D eigenvalue weighted by Crippen LogP contribution is -2.38. The number of nitrogens with two attached hydrogens (primary N) is 1. The molecule has 0 aliphatic carbocycles. The van der Waals surface area contributed by atoms with Crippen molar-refractivity contribution in [2.75, 3.05) is 32.4 Å². The Kier molecular flexibility index (Phi) is 5.25. The number of nitrogen functional groups attached to an aromatic ring is 1. The van der Waals surface area contributed by atoms with E-state index in [1.54, 1.807) is 0 Å². The van der Waals surface area contributed by atoms with Gasteiger partial charge in [0.1, 0.15) is 0 Å². The zero-order valence-electron chi connectivity index (χ0n) is 11.9. The molecule has 0 radical (unpaired) electrons. The maximum absolute atomic E-state index is 5.82.